The highest BCUT2D eigenvalue weighted by Crippen LogP contribution is 2.20. The molecule has 0 unspecified atom stereocenters. The second-order valence-corrected chi connectivity index (χ2v) is 4.71. The lowest BCUT2D eigenvalue weighted by atomic mass is 9.92. The Balaban J connectivity index is 2.02. The van der Waals surface area contributed by atoms with Crippen LogP contribution in [0, 0.1) is 5.92 Å². The van der Waals surface area contributed by atoms with Gasteiger partial charge in [0.1, 0.15) is 5.92 Å². The van der Waals surface area contributed by atoms with Gasteiger partial charge in [0.25, 0.3) is 0 Å². The highest BCUT2D eigenvalue weighted by molar-refractivity contribution is 6.00. The fourth-order valence-electron chi connectivity index (χ4n) is 2.19. The fourth-order valence-corrected chi connectivity index (χ4v) is 2.19. The lowest BCUT2D eigenvalue weighted by molar-refractivity contribution is -0.158. The van der Waals surface area contributed by atoms with Crippen LogP contribution >= 0.6 is 0 Å². The quantitative estimate of drug-likeness (QED) is 0.484. The Morgan fingerprint density at radius 1 is 1.29 bits per heavy atom. The summed E-state index contributed by atoms with van der Waals surface area (Å²) in [6.45, 7) is 0.337. The van der Waals surface area contributed by atoms with Gasteiger partial charge in [0, 0.05) is 6.42 Å². The number of carbonyl (C=O) groups is 2. The van der Waals surface area contributed by atoms with E-state index in [1.807, 2.05) is 42.5 Å². The van der Waals surface area contributed by atoms with E-state index in [2.05, 4.69) is 4.74 Å². The number of methoxy groups -OCH3 is 1. The van der Waals surface area contributed by atoms with Crippen molar-refractivity contribution in [1.29, 1.82) is 0 Å². The summed E-state index contributed by atoms with van der Waals surface area (Å²) in [6, 6.07) is 9.85. The number of Topliss-reactive ketones (excluding diaryl/α,β-unsaturated/α-hetero) is 1. The molecule has 2 rings (SSSR count). The Hall–Kier alpha value is -2.20. The molecule has 1 heterocycles. The number of hydrogen-bond donors (Lipinski definition) is 0. The minimum absolute atomic E-state index is 0.130. The van der Waals surface area contributed by atoms with Crippen LogP contribution in [0.2, 0.25) is 0 Å². The van der Waals surface area contributed by atoms with Crippen LogP contribution < -0.4 is 0 Å². The van der Waals surface area contributed by atoms with Crippen LogP contribution in [-0.2, 0) is 19.1 Å². The molecule has 1 aliphatic heterocycles. The predicted molar refractivity (Wildman–Crippen MR) is 79.5 cm³/mol. The molecule has 110 valence electrons. The van der Waals surface area contributed by atoms with E-state index in [4.69, 9.17) is 4.74 Å². The van der Waals surface area contributed by atoms with Crippen LogP contribution in [0.15, 0.2) is 48.6 Å². The maximum atomic E-state index is 11.8. The predicted octanol–water partition coefficient (Wildman–Crippen LogP) is 2.40. The molecule has 0 aromatic heterocycles. The van der Waals surface area contributed by atoms with E-state index in [0.29, 0.717) is 6.61 Å². The Bertz CT molecular complexity index is 537. The van der Waals surface area contributed by atoms with Crippen molar-refractivity contribution in [2.75, 3.05) is 13.7 Å². The molecule has 1 aromatic carbocycles. The fraction of sp³-hybridized carbons (Fsp3) is 0.294. The van der Waals surface area contributed by atoms with Gasteiger partial charge in [-0.1, -0.05) is 54.6 Å². The number of ether oxygens (including phenoxy) is 2. The van der Waals surface area contributed by atoms with Crippen LogP contribution in [0.5, 0.6) is 0 Å². The summed E-state index contributed by atoms with van der Waals surface area (Å²) in [5.41, 5.74) is 1.08. The molecule has 1 aromatic rings. The largest absolute Gasteiger partial charge is 0.468 e. The average molecular weight is 286 g/mol. The van der Waals surface area contributed by atoms with Crippen LogP contribution in [0.4, 0.5) is 0 Å². The Morgan fingerprint density at radius 2 is 2.05 bits per heavy atom. The Morgan fingerprint density at radius 3 is 2.76 bits per heavy atom. The van der Waals surface area contributed by atoms with Gasteiger partial charge in [-0.3, -0.25) is 9.59 Å². The van der Waals surface area contributed by atoms with E-state index in [1.165, 1.54) is 7.11 Å². The SMILES string of the molecule is COC(=O)[C@H]1C(=O)CCO[C@@H]1/C=C/C=C/c1ccccc1. The van der Waals surface area contributed by atoms with Crippen LogP contribution in [0.3, 0.4) is 0 Å². The summed E-state index contributed by atoms with van der Waals surface area (Å²) in [5, 5.41) is 0. The summed E-state index contributed by atoms with van der Waals surface area (Å²) in [5.74, 6) is -1.53. The first-order valence-corrected chi connectivity index (χ1v) is 6.84. The highest BCUT2D eigenvalue weighted by Gasteiger charge is 2.37. The monoisotopic (exact) mass is 286 g/mol. The minimum atomic E-state index is -0.856. The van der Waals surface area contributed by atoms with Crippen molar-refractivity contribution in [2.45, 2.75) is 12.5 Å². The van der Waals surface area contributed by atoms with Crippen LogP contribution in [0.1, 0.15) is 12.0 Å². The van der Waals surface area contributed by atoms with Crippen molar-refractivity contribution in [3.8, 4) is 0 Å². The third-order valence-corrected chi connectivity index (χ3v) is 3.29. The maximum absolute atomic E-state index is 11.8. The second kappa shape index (κ2) is 7.55. The van der Waals surface area contributed by atoms with E-state index in [0.717, 1.165) is 5.56 Å². The normalized spacial score (nSPS) is 22.8. The molecule has 4 heteroatoms. The van der Waals surface area contributed by atoms with Crippen molar-refractivity contribution in [3.05, 3.63) is 54.1 Å². The third-order valence-electron chi connectivity index (χ3n) is 3.29. The van der Waals surface area contributed by atoms with E-state index < -0.39 is 18.0 Å². The van der Waals surface area contributed by atoms with Gasteiger partial charge in [0.05, 0.1) is 19.8 Å². The van der Waals surface area contributed by atoms with Crippen molar-refractivity contribution in [2.24, 2.45) is 5.92 Å². The van der Waals surface area contributed by atoms with E-state index in [9.17, 15) is 9.59 Å². The first kappa shape index (κ1) is 15.2. The first-order chi connectivity index (χ1) is 10.2. The van der Waals surface area contributed by atoms with Gasteiger partial charge in [-0.15, -0.1) is 0 Å². The number of hydrogen-bond acceptors (Lipinski definition) is 4. The second-order valence-electron chi connectivity index (χ2n) is 4.71. The van der Waals surface area contributed by atoms with Gasteiger partial charge in [0.2, 0.25) is 0 Å². The molecule has 0 saturated carbocycles. The highest BCUT2D eigenvalue weighted by atomic mass is 16.5. The number of carbonyl (C=O) groups excluding carboxylic acids is 2. The van der Waals surface area contributed by atoms with Gasteiger partial charge in [-0.2, -0.15) is 0 Å². The molecular weight excluding hydrogens is 268 g/mol. The van der Waals surface area contributed by atoms with E-state index in [1.54, 1.807) is 12.2 Å². The third kappa shape index (κ3) is 4.13. The lowest BCUT2D eigenvalue weighted by Gasteiger charge is -2.26. The zero-order valence-corrected chi connectivity index (χ0v) is 11.9. The molecule has 1 saturated heterocycles. The molecule has 0 radical (unpaired) electrons. The molecule has 1 aliphatic rings. The van der Waals surface area contributed by atoms with Crippen molar-refractivity contribution in [3.63, 3.8) is 0 Å². The smallest absolute Gasteiger partial charge is 0.319 e. The molecule has 0 spiro atoms. The number of ketones is 1. The van der Waals surface area contributed by atoms with E-state index in [-0.39, 0.29) is 12.2 Å². The summed E-state index contributed by atoms with van der Waals surface area (Å²) < 4.78 is 10.2. The molecule has 0 aliphatic carbocycles. The molecule has 21 heavy (non-hydrogen) atoms. The number of benzene rings is 1. The van der Waals surface area contributed by atoms with Crippen molar-refractivity contribution >= 4 is 17.8 Å². The standard InChI is InChI=1S/C17H18O4/c1-20-17(19)16-14(18)11-12-21-15(16)10-6-5-9-13-7-3-2-4-8-13/h2-10,15-16H,11-12H2,1H3/b9-5+,10-6+/t15-,16+/m1/s1. The number of esters is 1. The molecule has 2 atom stereocenters. The molecule has 1 fully saturated rings. The van der Waals surface area contributed by atoms with Gasteiger partial charge >= 0.3 is 5.97 Å². The number of rotatable bonds is 4. The van der Waals surface area contributed by atoms with Crippen molar-refractivity contribution < 1.29 is 19.1 Å². The van der Waals surface area contributed by atoms with E-state index >= 15 is 0 Å². The zero-order chi connectivity index (χ0) is 15.1. The van der Waals surface area contributed by atoms with Gasteiger partial charge in [0.15, 0.2) is 5.78 Å². The zero-order valence-electron chi connectivity index (χ0n) is 11.9. The number of allylic oxidation sites excluding steroid dienone is 2. The summed E-state index contributed by atoms with van der Waals surface area (Å²) in [4.78, 5) is 23.5. The van der Waals surface area contributed by atoms with Gasteiger partial charge < -0.3 is 9.47 Å². The minimum Gasteiger partial charge on any atom is -0.468 e. The molecule has 0 amide bonds. The summed E-state index contributed by atoms with van der Waals surface area (Å²) >= 11 is 0. The molecular formula is C17H18O4. The Kier molecular flexibility index (Phi) is 5.46. The average Bonchev–Trinajstić information content (AvgIpc) is 2.52. The summed E-state index contributed by atoms with van der Waals surface area (Å²) in [6.07, 6.45) is 6.99. The van der Waals surface area contributed by atoms with Crippen LogP contribution in [-0.4, -0.2) is 31.6 Å². The Labute approximate surface area is 124 Å². The van der Waals surface area contributed by atoms with Crippen LogP contribution in [0.25, 0.3) is 6.08 Å². The molecule has 4 nitrogen and oxygen atoms in total. The molecule has 0 bridgehead atoms. The van der Waals surface area contributed by atoms with Crippen molar-refractivity contribution in [1.82, 2.24) is 0 Å². The van der Waals surface area contributed by atoms with Gasteiger partial charge in [-0.05, 0) is 5.56 Å². The first-order valence-electron chi connectivity index (χ1n) is 6.84. The topological polar surface area (TPSA) is 52.6 Å². The van der Waals surface area contributed by atoms with Gasteiger partial charge in [-0.25, -0.2) is 0 Å². The molecule has 0 N–H and O–H groups in total. The lowest BCUT2D eigenvalue weighted by Crippen LogP contribution is -2.41. The summed E-state index contributed by atoms with van der Waals surface area (Å²) in [7, 11) is 1.28. The maximum Gasteiger partial charge on any atom is 0.319 e.